The first kappa shape index (κ1) is 21.6. The van der Waals surface area contributed by atoms with Gasteiger partial charge in [-0.1, -0.05) is 35.9 Å². The topological polar surface area (TPSA) is 58.2 Å². The van der Waals surface area contributed by atoms with Gasteiger partial charge in [-0.2, -0.15) is 0 Å². The largest absolute Gasteiger partial charge is 0.321 e. The summed E-state index contributed by atoms with van der Waals surface area (Å²) in [7, 11) is 0. The van der Waals surface area contributed by atoms with Gasteiger partial charge >= 0.3 is 0 Å². The van der Waals surface area contributed by atoms with Crippen molar-refractivity contribution < 1.29 is 14.0 Å². The minimum Gasteiger partial charge on any atom is -0.321 e. The Bertz CT molecular complexity index is 1070. The van der Waals surface area contributed by atoms with Crippen LogP contribution in [0.4, 0.5) is 10.1 Å². The molecule has 0 saturated carbocycles. The molecule has 0 fully saturated rings. The van der Waals surface area contributed by atoms with Crippen molar-refractivity contribution in [2.75, 3.05) is 11.6 Å². The Morgan fingerprint density at radius 2 is 1.67 bits per heavy atom. The Kier molecular flexibility index (Phi) is 7.27. The molecular weight excluding hydrogens is 423 g/mol. The molecule has 0 heterocycles. The maximum atomic E-state index is 14.3. The maximum absolute atomic E-state index is 14.3. The molecule has 0 radical (unpaired) electrons. The van der Waals surface area contributed by atoms with Crippen molar-refractivity contribution in [3.63, 3.8) is 0 Å². The van der Waals surface area contributed by atoms with Crippen molar-refractivity contribution in [1.29, 1.82) is 0 Å². The molecule has 0 aliphatic heterocycles. The number of benzene rings is 3. The van der Waals surface area contributed by atoms with Crippen LogP contribution < -0.4 is 10.6 Å². The lowest BCUT2D eigenvalue weighted by Crippen LogP contribution is -2.30. The summed E-state index contributed by atoms with van der Waals surface area (Å²) in [4.78, 5) is 26.5. The van der Waals surface area contributed by atoms with Gasteiger partial charge in [0.25, 0.3) is 11.8 Å². The van der Waals surface area contributed by atoms with Crippen LogP contribution in [0, 0.1) is 5.82 Å². The Balaban J connectivity index is 1.92. The molecule has 30 heavy (non-hydrogen) atoms. The van der Waals surface area contributed by atoms with Crippen molar-refractivity contribution in [3.8, 4) is 0 Å². The van der Waals surface area contributed by atoms with Gasteiger partial charge in [-0.3, -0.25) is 9.59 Å². The Morgan fingerprint density at radius 3 is 2.30 bits per heavy atom. The van der Waals surface area contributed by atoms with E-state index in [0.29, 0.717) is 11.3 Å². The van der Waals surface area contributed by atoms with Gasteiger partial charge in [-0.05, 0) is 60.9 Å². The monoisotopic (exact) mass is 440 g/mol. The molecule has 0 unspecified atom stereocenters. The molecule has 0 atom stereocenters. The number of rotatable bonds is 6. The molecule has 3 aromatic rings. The van der Waals surface area contributed by atoms with E-state index in [4.69, 9.17) is 11.6 Å². The molecule has 0 aliphatic carbocycles. The molecule has 0 saturated heterocycles. The van der Waals surface area contributed by atoms with Crippen LogP contribution in [0.1, 0.15) is 15.9 Å². The maximum Gasteiger partial charge on any atom is 0.272 e. The molecular formula is C23H18ClFN2O2S. The lowest BCUT2D eigenvalue weighted by molar-refractivity contribution is -0.113. The van der Waals surface area contributed by atoms with Crippen LogP contribution in [0.3, 0.4) is 0 Å². The van der Waals surface area contributed by atoms with Gasteiger partial charge in [0, 0.05) is 21.7 Å². The van der Waals surface area contributed by atoms with Gasteiger partial charge in [-0.25, -0.2) is 4.39 Å². The number of amides is 2. The minimum absolute atomic E-state index is 0.00964. The van der Waals surface area contributed by atoms with Gasteiger partial charge in [-0.15, -0.1) is 11.8 Å². The summed E-state index contributed by atoms with van der Waals surface area (Å²) < 4.78 is 14.3. The van der Waals surface area contributed by atoms with Gasteiger partial charge < -0.3 is 10.6 Å². The fraction of sp³-hybridized carbons (Fsp3) is 0.0435. The van der Waals surface area contributed by atoms with Gasteiger partial charge in [0.15, 0.2) is 0 Å². The molecule has 2 amide bonds. The van der Waals surface area contributed by atoms with E-state index < -0.39 is 17.6 Å². The van der Waals surface area contributed by atoms with Crippen LogP contribution in [-0.2, 0) is 4.79 Å². The second-order valence-electron chi connectivity index (χ2n) is 6.20. The quantitative estimate of drug-likeness (QED) is 0.387. The lowest BCUT2D eigenvalue weighted by atomic mass is 10.1. The van der Waals surface area contributed by atoms with E-state index >= 15 is 0 Å². The third-order valence-corrected chi connectivity index (χ3v) is 5.24. The SMILES string of the molecule is CSc1ccc(NC(=O)/C(=C/c2c(F)cccc2Cl)NC(=O)c2ccccc2)cc1. The van der Waals surface area contributed by atoms with Gasteiger partial charge in [0.1, 0.15) is 11.5 Å². The van der Waals surface area contributed by atoms with Crippen LogP contribution >= 0.6 is 23.4 Å². The highest BCUT2D eigenvalue weighted by Gasteiger charge is 2.17. The van der Waals surface area contributed by atoms with Crippen LogP contribution in [0.5, 0.6) is 0 Å². The van der Waals surface area contributed by atoms with Crippen LogP contribution in [-0.4, -0.2) is 18.1 Å². The van der Waals surface area contributed by atoms with E-state index in [0.717, 1.165) is 4.90 Å². The highest BCUT2D eigenvalue weighted by atomic mass is 35.5. The summed E-state index contributed by atoms with van der Waals surface area (Å²) in [6.07, 6.45) is 3.18. The molecule has 2 N–H and O–H groups in total. The highest BCUT2D eigenvalue weighted by Crippen LogP contribution is 2.22. The number of nitrogens with one attached hydrogen (secondary N) is 2. The number of thioether (sulfide) groups is 1. The number of carbonyl (C=O) groups excluding carboxylic acids is 2. The standard InChI is InChI=1S/C23H18ClFN2O2S/c1-30-17-12-10-16(11-13-17)26-23(29)21(14-18-19(24)8-5-9-20(18)25)27-22(28)15-6-3-2-4-7-15/h2-14H,1H3,(H,26,29)(H,27,28)/b21-14-. The molecule has 0 spiro atoms. The zero-order valence-corrected chi connectivity index (χ0v) is 17.6. The fourth-order valence-electron chi connectivity index (χ4n) is 2.61. The predicted molar refractivity (Wildman–Crippen MR) is 120 cm³/mol. The molecule has 152 valence electrons. The second kappa shape index (κ2) is 10.1. The molecule has 7 heteroatoms. The summed E-state index contributed by atoms with van der Waals surface area (Å²) in [6.45, 7) is 0. The van der Waals surface area contributed by atoms with E-state index in [-0.39, 0.29) is 16.3 Å². The molecule has 0 aromatic heterocycles. The zero-order chi connectivity index (χ0) is 21.5. The minimum atomic E-state index is -0.605. The third kappa shape index (κ3) is 5.49. The van der Waals surface area contributed by atoms with Crippen LogP contribution in [0.2, 0.25) is 5.02 Å². The summed E-state index contributed by atoms with van der Waals surface area (Å²) in [5.74, 6) is -1.70. The number of hydrogen-bond donors (Lipinski definition) is 2. The number of halogens is 2. The van der Waals surface area contributed by atoms with E-state index in [1.165, 1.54) is 24.3 Å². The average molecular weight is 441 g/mol. The molecule has 0 aliphatic rings. The van der Waals surface area contributed by atoms with E-state index in [9.17, 15) is 14.0 Å². The van der Waals surface area contributed by atoms with Crippen molar-refractivity contribution in [1.82, 2.24) is 5.32 Å². The van der Waals surface area contributed by atoms with Crippen LogP contribution in [0.25, 0.3) is 6.08 Å². The fourth-order valence-corrected chi connectivity index (χ4v) is 3.23. The van der Waals surface area contributed by atoms with Gasteiger partial charge in [0.05, 0.1) is 5.02 Å². The van der Waals surface area contributed by atoms with Crippen molar-refractivity contribution in [3.05, 3.63) is 100 Å². The molecule has 0 bridgehead atoms. The molecule has 4 nitrogen and oxygen atoms in total. The smallest absolute Gasteiger partial charge is 0.272 e. The zero-order valence-electron chi connectivity index (χ0n) is 16.0. The number of anilines is 1. The highest BCUT2D eigenvalue weighted by molar-refractivity contribution is 7.98. The third-order valence-electron chi connectivity index (χ3n) is 4.17. The van der Waals surface area contributed by atoms with Gasteiger partial charge in [0.2, 0.25) is 0 Å². The second-order valence-corrected chi connectivity index (χ2v) is 7.48. The first-order valence-electron chi connectivity index (χ1n) is 8.95. The molecule has 3 rings (SSSR count). The summed E-state index contributed by atoms with van der Waals surface area (Å²) >= 11 is 7.67. The lowest BCUT2D eigenvalue weighted by Gasteiger charge is -2.12. The van der Waals surface area contributed by atoms with E-state index in [1.807, 2.05) is 18.4 Å². The first-order valence-corrected chi connectivity index (χ1v) is 10.6. The first-order chi connectivity index (χ1) is 14.5. The molecule has 3 aromatic carbocycles. The number of carbonyl (C=O) groups is 2. The summed E-state index contributed by atoms with van der Waals surface area (Å²) in [5.41, 5.74) is 0.776. The Labute approximate surface area is 183 Å². The van der Waals surface area contributed by atoms with Crippen molar-refractivity contribution >= 4 is 46.9 Å². The Morgan fingerprint density at radius 1 is 0.967 bits per heavy atom. The number of hydrogen-bond acceptors (Lipinski definition) is 3. The van der Waals surface area contributed by atoms with E-state index in [2.05, 4.69) is 10.6 Å². The van der Waals surface area contributed by atoms with E-state index in [1.54, 1.807) is 54.2 Å². The average Bonchev–Trinajstić information content (AvgIpc) is 2.76. The Hall–Kier alpha value is -3.09. The summed E-state index contributed by atoms with van der Waals surface area (Å²) in [6, 6.07) is 19.8. The van der Waals surface area contributed by atoms with Crippen molar-refractivity contribution in [2.45, 2.75) is 4.90 Å². The normalized spacial score (nSPS) is 11.1. The summed E-state index contributed by atoms with van der Waals surface area (Å²) in [5, 5.41) is 5.40. The van der Waals surface area contributed by atoms with Crippen molar-refractivity contribution in [2.24, 2.45) is 0 Å². The predicted octanol–water partition coefficient (Wildman–Crippen LogP) is 5.61. The van der Waals surface area contributed by atoms with Crippen LogP contribution in [0.15, 0.2) is 83.4 Å².